The van der Waals surface area contributed by atoms with Gasteiger partial charge in [0.1, 0.15) is 0 Å². The van der Waals surface area contributed by atoms with Crippen LogP contribution in [-0.4, -0.2) is 13.3 Å². The Kier molecular flexibility index (Phi) is 2.10. The molecule has 0 saturated heterocycles. The molecule has 0 unspecified atom stereocenters. The van der Waals surface area contributed by atoms with Crippen molar-refractivity contribution in [3.63, 3.8) is 0 Å². The molecule has 0 rings (SSSR count). The molecule has 0 aromatic rings. The molecule has 0 aliphatic rings. The fraction of sp³-hybridized carbons (Fsp3) is 1.00. The van der Waals surface area contributed by atoms with E-state index in [9.17, 15) is 0 Å². The van der Waals surface area contributed by atoms with Crippen molar-refractivity contribution < 1.29 is 5.55 Å². The van der Waals surface area contributed by atoms with Crippen molar-refractivity contribution in [1.29, 1.82) is 0 Å². The Bertz CT molecular complexity index is 17.1. The lowest BCUT2D eigenvalue weighted by Gasteiger charge is -1.74. The van der Waals surface area contributed by atoms with Gasteiger partial charge in [0.25, 0.3) is 0 Å². The van der Waals surface area contributed by atoms with E-state index in [-0.39, 0.29) is 6.23 Å². The van der Waals surface area contributed by atoms with E-state index in [1.165, 1.54) is 0 Å². The van der Waals surface area contributed by atoms with Gasteiger partial charge in [-0.25, -0.2) is 0 Å². The molecule has 0 bridgehead atoms. The first-order valence-electron chi connectivity index (χ1n) is 1.57. The zero-order valence-corrected chi connectivity index (χ0v) is 3.34. The Labute approximate surface area is 32.0 Å². The molecule has 0 saturated carbocycles. The molecule has 0 N–H and O–H groups in total. The Morgan fingerprint density at radius 1 is 2.25 bits per heavy atom. The van der Waals surface area contributed by atoms with Gasteiger partial charge >= 0.3 is 0 Å². The van der Waals surface area contributed by atoms with Crippen LogP contribution in [0.1, 0.15) is 1.37 Å². The van der Waals surface area contributed by atoms with Gasteiger partial charge in [-0.05, 0) is 12.0 Å². The minimum Gasteiger partial charge on any atom is -0.319 e. The molecule has 26 valence electrons. The van der Waals surface area contributed by atoms with Crippen LogP contribution in [0.4, 0.5) is 0 Å². The first-order valence-corrected chi connectivity index (χ1v) is 1.77. The normalized spacial score (nSPS) is 10.8. The number of hydrogen-bond acceptors (Lipinski definition) is 2. The van der Waals surface area contributed by atoms with Gasteiger partial charge in [0.2, 0.25) is 0 Å². The predicted molar refractivity (Wildman–Crippen MR) is 20.5 cm³/mol. The Hall–Kier alpha value is 0.310. The van der Waals surface area contributed by atoms with E-state index in [1.54, 1.807) is 7.11 Å². The van der Waals surface area contributed by atoms with Crippen LogP contribution < -0.4 is 0 Å². The molecular weight excluding hydrogens is 72.1 g/mol. The first kappa shape index (κ1) is 2.54. The molecule has 0 amide bonds. The smallest absolute Gasteiger partial charge is 0.0503 e. The Morgan fingerprint density at radius 2 is 3.00 bits per heavy atom. The Balaban J connectivity index is 2.19. The lowest BCUT2D eigenvalue weighted by molar-refractivity contribution is 0.493. The molecule has 0 radical (unpaired) electrons. The molecule has 0 aromatic heterocycles. The standard InChI is InChI=1S/C2H6OS/c1-3-4-2/h1-2H3/i2D. The summed E-state index contributed by atoms with van der Waals surface area (Å²) in [6.07, 6.45) is 0.288. The van der Waals surface area contributed by atoms with Gasteiger partial charge in [0.05, 0.1) is 7.11 Å². The van der Waals surface area contributed by atoms with Crippen LogP contribution in [0, 0.1) is 0 Å². The maximum Gasteiger partial charge on any atom is 0.0503 e. The predicted octanol–water partition coefficient (Wildman–Crippen LogP) is 0.911. The lowest BCUT2D eigenvalue weighted by Crippen LogP contribution is -1.53. The highest BCUT2D eigenvalue weighted by Crippen LogP contribution is 1.84. The summed E-state index contributed by atoms with van der Waals surface area (Å²) in [6, 6.07) is 0. The summed E-state index contributed by atoms with van der Waals surface area (Å²) >= 11 is 1.13. The highest BCUT2D eigenvalue weighted by Gasteiger charge is 1.52. The van der Waals surface area contributed by atoms with Gasteiger partial charge in [-0.1, -0.05) is 0 Å². The summed E-state index contributed by atoms with van der Waals surface area (Å²) in [6.45, 7) is 0. The zero-order valence-electron chi connectivity index (χ0n) is 3.52. The van der Waals surface area contributed by atoms with Gasteiger partial charge in [-0.15, -0.1) is 0 Å². The molecule has 0 spiro atoms. The van der Waals surface area contributed by atoms with Crippen LogP contribution in [0.3, 0.4) is 0 Å². The maximum absolute atomic E-state index is 6.44. The molecule has 0 fully saturated rings. The van der Waals surface area contributed by atoms with E-state index in [4.69, 9.17) is 1.37 Å². The van der Waals surface area contributed by atoms with Crippen molar-refractivity contribution in [3.05, 3.63) is 0 Å². The van der Waals surface area contributed by atoms with E-state index in [0.29, 0.717) is 0 Å². The third-order valence-corrected chi connectivity index (χ3v) is 0.354. The summed E-state index contributed by atoms with van der Waals surface area (Å²) in [5.74, 6) is 0. The van der Waals surface area contributed by atoms with Crippen LogP contribution in [0.15, 0.2) is 0 Å². The van der Waals surface area contributed by atoms with Gasteiger partial charge in [0, 0.05) is 7.60 Å². The van der Waals surface area contributed by atoms with Crippen LogP contribution in [-0.2, 0) is 4.18 Å². The van der Waals surface area contributed by atoms with Crippen molar-refractivity contribution in [2.75, 3.05) is 13.3 Å². The van der Waals surface area contributed by atoms with E-state index >= 15 is 0 Å². The van der Waals surface area contributed by atoms with Crippen LogP contribution in [0.5, 0.6) is 0 Å². The SMILES string of the molecule is [2H]CSOC. The summed E-state index contributed by atoms with van der Waals surface area (Å²) in [5.41, 5.74) is 0. The summed E-state index contributed by atoms with van der Waals surface area (Å²) in [7, 11) is 1.55. The van der Waals surface area contributed by atoms with Crippen LogP contribution in [0.25, 0.3) is 0 Å². The van der Waals surface area contributed by atoms with E-state index in [1.807, 2.05) is 0 Å². The highest BCUT2D eigenvalue weighted by molar-refractivity contribution is 7.93. The van der Waals surface area contributed by atoms with Gasteiger partial charge in [0.15, 0.2) is 0 Å². The average Bonchev–Trinajstić information content (AvgIpc) is 1.41. The fourth-order valence-electron chi connectivity index (χ4n) is 0. The summed E-state index contributed by atoms with van der Waals surface area (Å²) < 4.78 is 10.9. The topological polar surface area (TPSA) is 9.23 Å². The minimum absolute atomic E-state index is 0.288. The fourth-order valence-corrected chi connectivity index (χ4v) is 0. The van der Waals surface area contributed by atoms with Gasteiger partial charge < -0.3 is 4.18 Å². The number of hydrogen-bond donors (Lipinski definition) is 0. The van der Waals surface area contributed by atoms with E-state index < -0.39 is 0 Å². The minimum atomic E-state index is 0.288. The summed E-state index contributed by atoms with van der Waals surface area (Å²) in [5, 5.41) is 0. The van der Waals surface area contributed by atoms with Crippen molar-refractivity contribution >= 4 is 12.0 Å². The van der Waals surface area contributed by atoms with Gasteiger partial charge in [-0.3, -0.25) is 0 Å². The average molecular weight is 79.1 g/mol. The van der Waals surface area contributed by atoms with Crippen molar-refractivity contribution in [1.82, 2.24) is 0 Å². The molecule has 2 heteroatoms. The second kappa shape index (κ2) is 3.31. The van der Waals surface area contributed by atoms with Crippen LogP contribution in [0.2, 0.25) is 0 Å². The molecule has 0 aliphatic heterocycles. The largest absolute Gasteiger partial charge is 0.319 e. The Morgan fingerprint density at radius 3 is 3.00 bits per heavy atom. The van der Waals surface area contributed by atoms with Crippen LogP contribution >= 0.6 is 12.0 Å². The molecule has 0 atom stereocenters. The molecule has 0 aromatic carbocycles. The van der Waals surface area contributed by atoms with Crippen molar-refractivity contribution in [2.24, 2.45) is 0 Å². The van der Waals surface area contributed by atoms with Crippen molar-refractivity contribution in [2.45, 2.75) is 0 Å². The van der Waals surface area contributed by atoms with Gasteiger partial charge in [-0.2, -0.15) is 0 Å². The maximum atomic E-state index is 6.44. The second-order valence-corrected chi connectivity index (χ2v) is 0.854. The summed E-state index contributed by atoms with van der Waals surface area (Å²) in [4.78, 5) is 0. The molecule has 0 aliphatic carbocycles. The third-order valence-electron chi connectivity index (χ3n) is 0.118. The zero-order chi connectivity index (χ0) is 4.12. The molecule has 1 nitrogen and oxygen atoms in total. The third kappa shape index (κ3) is 2.31. The highest BCUT2D eigenvalue weighted by atomic mass is 32.2. The quantitative estimate of drug-likeness (QED) is 0.432. The lowest BCUT2D eigenvalue weighted by atomic mass is 11.8. The monoisotopic (exact) mass is 79.0 g/mol. The van der Waals surface area contributed by atoms with Crippen molar-refractivity contribution in [3.8, 4) is 0 Å². The molecule has 0 heterocycles. The van der Waals surface area contributed by atoms with E-state index in [0.717, 1.165) is 12.0 Å². The molecule has 4 heavy (non-hydrogen) atoms. The second-order valence-electron chi connectivity index (χ2n) is 0.285. The number of rotatable bonds is 1. The first-order chi connectivity index (χ1) is 2.41. The molecular formula is C2H6OS. The van der Waals surface area contributed by atoms with E-state index in [2.05, 4.69) is 4.18 Å².